The Kier molecular flexibility index (Phi) is 13.3. The van der Waals surface area contributed by atoms with Crippen molar-refractivity contribution in [2.45, 2.75) is 57.8 Å². The number of nitrogens with zero attached hydrogens (tertiary/aromatic N) is 4. The maximum atomic E-state index is 13.8. The second-order valence-electron chi connectivity index (χ2n) is 10.0. The lowest BCUT2D eigenvalue weighted by molar-refractivity contribution is 0.0986. The Balaban J connectivity index is 0.00000560. The molecule has 2 aromatic carbocycles. The maximum Gasteiger partial charge on any atom is 0.260 e. The van der Waals surface area contributed by atoms with Crippen molar-refractivity contribution in [3.8, 4) is 5.75 Å². The van der Waals surface area contributed by atoms with E-state index in [0.29, 0.717) is 36.1 Å². The van der Waals surface area contributed by atoms with Gasteiger partial charge in [0.1, 0.15) is 11.3 Å². The molecule has 0 spiro atoms. The van der Waals surface area contributed by atoms with Crippen molar-refractivity contribution in [1.82, 2.24) is 14.2 Å². The van der Waals surface area contributed by atoms with Crippen LogP contribution in [0.5, 0.6) is 5.75 Å². The number of halogens is 1. The first-order chi connectivity index (χ1) is 18.6. The van der Waals surface area contributed by atoms with Crippen molar-refractivity contribution in [2.24, 2.45) is 0 Å². The summed E-state index contributed by atoms with van der Waals surface area (Å²) in [7, 11) is 1.98. The second-order valence-corrected chi connectivity index (χ2v) is 12.9. The number of hydrogen-bond donors (Lipinski definition) is 0. The van der Waals surface area contributed by atoms with Gasteiger partial charge < -0.3 is 9.64 Å². The molecular weight excluding hydrogens is 568 g/mol. The molecule has 1 aromatic heterocycles. The molecule has 0 aliphatic carbocycles. The van der Waals surface area contributed by atoms with Crippen molar-refractivity contribution >= 4 is 55.0 Å². The molecule has 0 saturated heterocycles. The van der Waals surface area contributed by atoms with Gasteiger partial charge in [-0.2, -0.15) is 4.31 Å². The Labute approximate surface area is 249 Å². The first kappa shape index (κ1) is 34.0. The molecule has 0 N–H and O–H groups in total. The highest BCUT2D eigenvalue weighted by molar-refractivity contribution is 7.89. The summed E-state index contributed by atoms with van der Waals surface area (Å²) in [6, 6.07) is 10.2. The van der Waals surface area contributed by atoms with Crippen molar-refractivity contribution in [2.75, 3.05) is 52.3 Å². The summed E-state index contributed by atoms with van der Waals surface area (Å²) in [5.74, 6) is 0.464. The normalized spacial score (nSPS) is 11.7. The van der Waals surface area contributed by atoms with E-state index in [9.17, 15) is 13.2 Å². The number of rotatable bonds is 15. The van der Waals surface area contributed by atoms with E-state index in [1.165, 1.54) is 11.3 Å². The summed E-state index contributed by atoms with van der Waals surface area (Å²) >= 11 is 1.47. The van der Waals surface area contributed by atoms with E-state index in [2.05, 4.69) is 18.7 Å². The summed E-state index contributed by atoms with van der Waals surface area (Å²) in [6.45, 7) is 8.43. The van der Waals surface area contributed by atoms with Crippen LogP contribution in [0.4, 0.5) is 5.13 Å². The minimum atomic E-state index is -3.64. The Bertz CT molecular complexity index is 1340. The largest absolute Gasteiger partial charge is 0.494 e. The zero-order valence-corrected chi connectivity index (χ0v) is 26.9. The molecule has 0 fully saturated rings. The number of anilines is 1. The highest BCUT2D eigenvalue weighted by atomic mass is 35.5. The lowest BCUT2D eigenvalue weighted by Gasteiger charge is -2.23. The third-order valence-corrected chi connectivity index (χ3v) is 9.76. The minimum absolute atomic E-state index is 0. The number of unbranched alkanes of at least 4 members (excludes halogenated alkanes) is 2. The van der Waals surface area contributed by atoms with Crippen LogP contribution in [0.2, 0.25) is 0 Å². The number of methoxy groups -OCH3 is 1. The van der Waals surface area contributed by atoms with Gasteiger partial charge in [-0.25, -0.2) is 13.4 Å². The number of benzene rings is 2. The lowest BCUT2D eigenvalue weighted by atomic mass is 10.2. The Morgan fingerprint density at radius 3 is 2.10 bits per heavy atom. The molecule has 0 aliphatic heterocycles. The van der Waals surface area contributed by atoms with Crippen LogP contribution in [-0.2, 0) is 10.0 Å². The molecule has 8 nitrogen and oxygen atoms in total. The highest BCUT2D eigenvalue weighted by Gasteiger charge is 2.26. The summed E-state index contributed by atoms with van der Waals surface area (Å²) < 4.78 is 34.8. The fraction of sp³-hybridized carbons (Fsp3) is 0.517. The van der Waals surface area contributed by atoms with Crippen molar-refractivity contribution in [3.05, 3.63) is 47.5 Å². The maximum absolute atomic E-state index is 13.8. The fourth-order valence-corrected chi connectivity index (χ4v) is 6.90. The molecule has 3 rings (SSSR count). The zero-order valence-electron chi connectivity index (χ0n) is 24.5. The molecule has 0 atom stereocenters. The molecule has 40 heavy (non-hydrogen) atoms. The first-order valence-electron chi connectivity index (χ1n) is 13.6. The van der Waals surface area contributed by atoms with Gasteiger partial charge in [-0.05, 0) is 82.7 Å². The zero-order chi connectivity index (χ0) is 28.6. The summed E-state index contributed by atoms with van der Waals surface area (Å²) in [6.07, 6.45) is 4.24. The number of fused-ring (bicyclic) bond motifs is 1. The molecule has 11 heteroatoms. The Morgan fingerprint density at radius 1 is 0.925 bits per heavy atom. The molecule has 1 heterocycles. The van der Waals surface area contributed by atoms with Gasteiger partial charge in [0, 0.05) is 25.2 Å². The van der Waals surface area contributed by atoms with E-state index in [4.69, 9.17) is 9.72 Å². The fourth-order valence-electron chi connectivity index (χ4n) is 4.30. The van der Waals surface area contributed by atoms with Crippen LogP contribution in [0.15, 0.2) is 41.3 Å². The molecular formula is C29H43ClN4O4S2. The number of amides is 1. The number of thiazole rings is 1. The first-order valence-corrected chi connectivity index (χ1v) is 15.9. The summed E-state index contributed by atoms with van der Waals surface area (Å²) in [4.78, 5) is 22.6. The van der Waals surface area contributed by atoms with Gasteiger partial charge in [-0.1, -0.05) is 44.1 Å². The smallest absolute Gasteiger partial charge is 0.260 e. The molecule has 0 radical (unpaired) electrons. The molecule has 222 valence electrons. The minimum Gasteiger partial charge on any atom is -0.494 e. The number of aryl methyl sites for hydroxylation is 1. The number of sulfonamides is 1. The molecule has 0 unspecified atom stereocenters. The van der Waals surface area contributed by atoms with Crippen LogP contribution < -0.4 is 9.64 Å². The molecule has 0 aliphatic rings. The van der Waals surface area contributed by atoms with Gasteiger partial charge in [0.2, 0.25) is 10.0 Å². The van der Waals surface area contributed by atoms with Gasteiger partial charge in [0.25, 0.3) is 5.91 Å². The summed E-state index contributed by atoms with van der Waals surface area (Å²) in [5.41, 5.74) is 2.24. The third kappa shape index (κ3) is 8.16. The Morgan fingerprint density at radius 2 is 1.55 bits per heavy atom. The number of carbonyl (C=O) groups is 1. The predicted molar refractivity (Wildman–Crippen MR) is 168 cm³/mol. The quantitative estimate of drug-likeness (QED) is 0.203. The molecule has 0 saturated carbocycles. The summed E-state index contributed by atoms with van der Waals surface area (Å²) in [5, 5.41) is 0.600. The van der Waals surface area contributed by atoms with Gasteiger partial charge in [0.15, 0.2) is 5.13 Å². The van der Waals surface area contributed by atoms with Gasteiger partial charge in [-0.3, -0.25) is 9.69 Å². The van der Waals surface area contributed by atoms with Gasteiger partial charge >= 0.3 is 0 Å². The number of hydrogen-bond acceptors (Lipinski definition) is 7. The van der Waals surface area contributed by atoms with Crippen molar-refractivity contribution in [3.63, 3.8) is 0 Å². The SMILES string of the molecule is CCCCN(CCCC)S(=O)(=O)c1ccc(C(=O)N(CCCN(C)C)c2nc3c(OC)ccc(C)c3s2)cc1.Cl. The van der Waals surface area contributed by atoms with Crippen LogP contribution in [-0.4, -0.2) is 75.9 Å². The molecule has 1 amide bonds. The highest BCUT2D eigenvalue weighted by Crippen LogP contribution is 2.37. The lowest BCUT2D eigenvalue weighted by Crippen LogP contribution is -2.34. The van der Waals surface area contributed by atoms with Crippen LogP contribution in [0.25, 0.3) is 10.2 Å². The number of carbonyl (C=O) groups excluding carboxylic acids is 1. The van der Waals surface area contributed by atoms with Crippen LogP contribution in [0, 0.1) is 6.92 Å². The van der Waals surface area contributed by atoms with Crippen molar-refractivity contribution in [1.29, 1.82) is 0 Å². The van der Waals surface area contributed by atoms with E-state index in [1.54, 1.807) is 40.6 Å². The second kappa shape index (κ2) is 15.7. The average Bonchev–Trinajstić information content (AvgIpc) is 3.37. The Hall–Kier alpha value is -2.24. The molecule has 0 bridgehead atoms. The monoisotopic (exact) mass is 610 g/mol. The van der Waals surface area contributed by atoms with Crippen molar-refractivity contribution < 1.29 is 17.9 Å². The third-order valence-electron chi connectivity index (χ3n) is 6.64. The van der Waals surface area contributed by atoms with Gasteiger partial charge in [0.05, 0.1) is 16.7 Å². The van der Waals surface area contributed by atoms with Gasteiger partial charge in [-0.15, -0.1) is 12.4 Å². The van der Waals surface area contributed by atoms with E-state index < -0.39 is 10.0 Å². The van der Waals surface area contributed by atoms with E-state index in [0.717, 1.165) is 54.4 Å². The van der Waals surface area contributed by atoms with E-state index >= 15 is 0 Å². The standard InChI is InChI=1S/C29H42N4O4S2.ClH/c1-7-9-19-32(20-10-8-2)39(35,36)24-15-13-23(14-16-24)28(34)33(21-11-18-31(4)5)29-30-26-25(37-6)17-12-22(3)27(26)38-29;/h12-17H,7-11,18-21H2,1-6H3;1H. The topological polar surface area (TPSA) is 83.1 Å². The predicted octanol–water partition coefficient (Wildman–Crippen LogP) is 6.22. The van der Waals surface area contributed by atoms with E-state index in [1.807, 2.05) is 33.2 Å². The van der Waals surface area contributed by atoms with Crippen LogP contribution in [0.1, 0.15) is 61.9 Å². The van der Waals surface area contributed by atoms with E-state index in [-0.39, 0.29) is 23.2 Å². The van der Waals surface area contributed by atoms with Crippen LogP contribution >= 0.6 is 23.7 Å². The number of ether oxygens (including phenoxy) is 1. The average molecular weight is 611 g/mol. The number of aromatic nitrogens is 1. The van der Waals surface area contributed by atoms with Crippen LogP contribution in [0.3, 0.4) is 0 Å². The molecule has 3 aromatic rings.